The van der Waals surface area contributed by atoms with Crippen LogP contribution in [0.3, 0.4) is 0 Å². The SMILES string of the molecule is COc1ccc(N/C(=N/C2CC(c3cc(OC)c(OC)c(OC)c3)NN2)SC)cc1Cl. The van der Waals surface area contributed by atoms with Crippen molar-refractivity contribution in [2.24, 2.45) is 4.99 Å². The largest absolute Gasteiger partial charge is 0.495 e. The van der Waals surface area contributed by atoms with Crippen LogP contribution in [0.15, 0.2) is 35.3 Å². The monoisotopic (exact) mass is 466 g/mol. The van der Waals surface area contributed by atoms with Crippen molar-refractivity contribution in [1.82, 2.24) is 10.9 Å². The predicted octanol–water partition coefficient (Wildman–Crippen LogP) is 4.07. The van der Waals surface area contributed by atoms with E-state index >= 15 is 0 Å². The third kappa shape index (κ3) is 5.48. The van der Waals surface area contributed by atoms with Crippen molar-refractivity contribution in [2.45, 2.75) is 18.6 Å². The van der Waals surface area contributed by atoms with Gasteiger partial charge in [-0.1, -0.05) is 23.4 Å². The third-order valence-electron chi connectivity index (χ3n) is 4.84. The molecule has 1 aliphatic heterocycles. The van der Waals surface area contributed by atoms with Gasteiger partial charge in [-0.15, -0.1) is 0 Å². The second-order valence-corrected chi connectivity index (χ2v) is 7.87. The molecule has 1 fully saturated rings. The number of anilines is 1. The Hall–Kier alpha value is -2.33. The predicted molar refractivity (Wildman–Crippen MR) is 126 cm³/mol. The number of hydrogen-bond acceptors (Lipinski definition) is 8. The number of nitrogens with zero attached hydrogens (tertiary/aromatic N) is 1. The van der Waals surface area contributed by atoms with Crippen molar-refractivity contribution < 1.29 is 18.9 Å². The maximum absolute atomic E-state index is 6.22. The molecule has 31 heavy (non-hydrogen) atoms. The van der Waals surface area contributed by atoms with Gasteiger partial charge in [0.05, 0.1) is 33.5 Å². The van der Waals surface area contributed by atoms with Crippen molar-refractivity contribution >= 4 is 34.2 Å². The van der Waals surface area contributed by atoms with Gasteiger partial charge in [-0.3, -0.25) is 0 Å². The molecule has 3 N–H and O–H groups in total. The minimum absolute atomic E-state index is 0.0287. The Morgan fingerprint density at radius 1 is 1.00 bits per heavy atom. The highest BCUT2D eigenvalue weighted by molar-refractivity contribution is 8.13. The summed E-state index contributed by atoms with van der Waals surface area (Å²) >= 11 is 7.74. The van der Waals surface area contributed by atoms with Gasteiger partial charge in [-0.05, 0) is 42.2 Å². The number of aliphatic imine (C=N–C) groups is 1. The lowest BCUT2D eigenvalue weighted by molar-refractivity contribution is 0.323. The van der Waals surface area contributed by atoms with Crippen LogP contribution >= 0.6 is 23.4 Å². The molecule has 0 radical (unpaired) electrons. The molecular weight excluding hydrogens is 440 g/mol. The number of hydrazine groups is 1. The van der Waals surface area contributed by atoms with E-state index in [2.05, 4.69) is 16.2 Å². The summed E-state index contributed by atoms with van der Waals surface area (Å²) < 4.78 is 21.5. The fourth-order valence-electron chi connectivity index (χ4n) is 3.29. The fourth-order valence-corrected chi connectivity index (χ4v) is 4.00. The molecule has 0 bridgehead atoms. The van der Waals surface area contributed by atoms with Crippen molar-refractivity contribution in [1.29, 1.82) is 0 Å². The topological polar surface area (TPSA) is 85.4 Å². The molecule has 0 aromatic heterocycles. The van der Waals surface area contributed by atoms with Gasteiger partial charge in [0, 0.05) is 18.2 Å². The number of ether oxygens (including phenoxy) is 4. The number of methoxy groups -OCH3 is 4. The van der Waals surface area contributed by atoms with Crippen LogP contribution in [-0.4, -0.2) is 46.0 Å². The normalized spacial score (nSPS) is 18.6. The Bertz CT molecular complexity index is 919. The Labute approximate surface area is 191 Å². The van der Waals surface area contributed by atoms with E-state index in [0.29, 0.717) is 28.0 Å². The zero-order chi connectivity index (χ0) is 22.4. The number of rotatable bonds is 7. The van der Waals surface area contributed by atoms with Crippen LogP contribution in [0.2, 0.25) is 5.02 Å². The molecule has 10 heteroatoms. The van der Waals surface area contributed by atoms with Gasteiger partial charge in [-0.2, -0.15) is 0 Å². The smallest absolute Gasteiger partial charge is 0.203 e. The van der Waals surface area contributed by atoms with Gasteiger partial charge in [0.1, 0.15) is 11.9 Å². The molecule has 2 aromatic rings. The lowest BCUT2D eigenvalue weighted by Crippen LogP contribution is -2.30. The molecule has 1 heterocycles. The number of amidine groups is 1. The summed E-state index contributed by atoms with van der Waals surface area (Å²) in [5.41, 5.74) is 8.39. The molecule has 3 rings (SSSR count). The van der Waals surface area contributed by atoms with E-state index in [1.807, 2.05) is 36.6 Å². The second kappa shape index (κ2) is 10.8. The number of nitrogens with one attached hydrogen (secondary N) is 3. The lowest BCUT2D eigenvalue weighted by atomic mass is 10.0. The first-order chi connectivity index (χ1) is 15.0. The highest BCUT2D eigenvalue weighted by Gasteiger charge is 2.27. The maximum atomic E-state index is 6.22. The molecule has 168 valence electrons. The molecule has 0 saturated carbocycles. The van der Waals surface area contributed by atoms with E-state index < -0.39 is 0 Å². The average Bonchev–Trinajstić information content (AvgIpc) is 3.26. The Kier molecular flexibility index (Phi) is 8.14. The van der Waals surface area contributed by atoms with Crippen LogP contribution in [0, 0.1) is 0 Å². The van der Waals surface area contributed by atoms with Crippen LogP contribution in [0.1, 0.15) is 18.0 Å². The van der Waals surface area contributed by atoms with Crippen LogP contribution in [0.25, 0.3) is 0 Å². The number of halogens is 1. The summed E-state index contributed by atoms with van der Waals surface area (Å²) in [6, 6.07) is 9.44. The van der Waals surface area contributed by atoms with E-state index in [-0.39, 0.29) is 12.2 Å². The zero-order valence-electron chi connectivity index (χ0n) is 18.1. The highest BCUT2D eigenvalue weighted by Crippen LogP contribution is 2.40. The van der Waals surface area contributed by atoms with Crippen molar-refractivity contribution in [3.05, 3.63) is 40.9 Å². The van der Waals surface area contributed by atoms with E-state index in [0.717, 1.165) is 22.8 Å². The summed E-state index contributed by atoms with van der Waals surface area (Å²) in [6.07, 6.45) is 2.59. The quantitative estimate of drug-likeness (QED) is 0.416. The minimum atomic E-state index is -0.118. The lowest BCUT2D eigenvalue weighted by Gasteiger charge is -2.17. The summed E-state index contributed by atoms with van der Waals surface area (Å²) in [5.74, 6) is 2.44. The van der Waals surface area contributed by atoms with E-state index in [4.69, 9.17) is 35.5 Å². The van der Waals surface area contributed by atoms with Gasteiger partial charge in [-0.25, -0.2) is 15.8 Å². The van der Waals surface area contributed by atoms with E-state index in [1.54, 1.807) is 28.4 Å². The number of thioether (sulfide) groups is 1. The zero-order valence-corrected chi connectivity index (χ0v) is 19.7. The second-order valence-electron chi connectivity index (χ2n) is 6.66. The molecule has 1 saturated heterocycles. The van der Waals surface area contributed by atoms with Gasteiger partial charge >= 0.3 is 0 Å². The molecule has 2 atom stereocenters. The van der Waals surface area contributed by atoms with E-state index in [9.17, 15) is 0 Å². The van der Waals surface area contributed by atoms with Crippen molar-refractivity contribution in [3.63, 3.8) is 0 Å². The first-order valence-electron chi connectivity index (χ1n) is 9.56. The number of benzene rings is 2. The Morgan fingerprint density at radius 3 is 2.23 bits per heavy atom. The van der Waals surface area contributed by atoms with Crippen LogP contribution in [0.4, 0.5) is 5.69 Å². The molecule has 0 aliphatic carbocycles. The first-order valence-corrected chi connectivity index (χ1v) is 11.2. The average molecular weight is 467 g/mol. The van der Waals surface area contributed by atoms with Gasteiger partial charge in [0.25, 0.3) is 0 Å². The van der Waals surface area contributed by atoms with Gasteiger partial charge < -0.3 is 24.3 Å². The molecule has 0 amide bonds. The summed E-state index contributed by atoms with van der Waals surface area (Å²) in [4.78, 5) is 4.79. The van der Waals surface area contributed by atoms with Crippen molar-refractivity contribution in [2.75, 3.05) is 40.0 Å². The summed E-state index contributed by atoms with van der Waals surface area (Å²) in [7, 11) is 6.39. The van der Waals surface area contributed by atoms with Crippen molar-refractivity contribution in [3.8, 4) is 23.0 Å². The Morgan fingerprint density at radius 2 is 1.68 bits per heavy atom. The minimum Gasteiger partial charge on any atom is -0.495 e. The molecule has 2 aromatic carbocycles. The molecule has 1 aliphatic rings. The fraction of sp³-hybridized carbons (Fsp3) is 0.381. The Balaban J connectivity index is 1.73. The molecular formula is C21H27ClN4O4S. The van der Waals surface area contributed by atoms with Crippen LogP contribution < -0.4 is 35.1 Å². The summed E-state index contributed by atoms with van der Waals surface area (Å²) in [5, 5.41) is 4.61. The molecule has 0 spiro atoms. The first kappa shape index (κ1) is 23.3. The summed E-state index contributed by atoms with van der Waals surface area (Å²) in [6.45, 7) is 0. The molecule has 8 nitrogen and oxygen atoms in total. The molecule has 2 unspecified atom stereocenters. The number of hydrogen-bond donors (Lipinski definition) is 3. The standard InChI is InChI=1S/C21H27ClN4O4S/c1-27-16-7-6-13(10-14(16)22)23-21(31-5)24-19-11-15(25-26-19)12-8-17(28-2)20(30-4)18(9-12)29-3/h6-10,15,19,25-26H,11H2,1-5H3,(H,23,24). The highest BCUT2D eigenvalue weighted by atomic mass is 35.5. The van der Waals surface area contributed by atoms with E-state index in [1.165, 1.54) is 11.8 Å². The van der Waals surface area contributed by atoms with Gasteiger partial charge in [0.15, 0.2) is 16.7 Å². The third-order valence-corrected chi connectivity index (χ3v) is 5.73. The maximum Gasteiger partial charge on any atom is 0.203 e. The van der Waals surface area contributed by atoms with Gasteiger partial charge in [0.2, 0.25) is 5.75 Å². The van der Waals surface area contributed by atoms with Crippen LogP contribution in [-0.2, 0) is 0 Å². The van der Waals surface area contributed by atoms with Crippen LogP contribution in [0.5, 0.6) is 23.0 Å².